The molecule has 1 fully saturated rings. The Bertz CT molecular complexity index is 956. The van der Waals surface area contributed by atoms with E-state index in [1.165, 1.54) is 22.5 Å². The number of hydrogen-bond acceptors (Lipinski definition) is 4. The summed E-state index contributed by atoms with van der Waals surface area (Å²) in [6, 6.07) is 10.8. The number of benzene rings is 2. The standard InChI is InChI=1S/C20H23FN2O4S/c1-15-5-6-17(14-19(15)28(25,26)23-9-11-27-12-10-23)20(24)22-8-7-16-3-2-4-18(21)13-16/h2-6,13-14H,7-12H2,1H3,(H,22,24). The van der Waals surface area contributed by atoms with Gasteiger partial charge in [-0.1, -0.05) is 18.2 Å². The van der Waals surface area contributed by atoms with Gasteiger partial charge >= 0.3 is 0 Å². The summed E-state index contributed by atoms with van der Waals surface area (Å²) in [7, 11) is -3.69. The molecule has 3 rings (SSSR count). The normalized spacial score (nSPS) is 15.4. The molecule has 0 unspecified atom stereocenters. The Morgan fingerprint density at radius 1 is 1.18 bits per heavy atom. The van der Waals surface area contributed by atoms with Crippen molar-refractivity contribution >= 4 is 15.9 Å². The third kappa shape index (κ3) is 4.76. The molecule has 0 aromatic heterocycles. The second-order valence-electron chi connectivity index (χ2n) is 6.63. The third-order valence-corrected chi connectivity index (χ3v) is 6.67. The van der Waals surface area contributed by atoms with E-state index >= 15 is 0 Å². The zero-order chi connectivity index (χ0) is 20.1. The van der Waals surface area contributed by atoms with E-state index in [0.717, 1.165) is 5.56 Å². The molecule has 1 aliphatic rings. The smallest absolute Gasteiger partial charge is 0.251 e. The lowest BCUT2D eigenvalue weighted by molar-refractivity contribution is 0.0730. The maximum atomic E-state index is 13.2. The highest BCUT2D eigenvalue weighted by Crippen LogP contribution is 2.22. The third-order valence-electron chi connectivity index (χ3n) is 4.63. The number of halogens is 1. The summed E-state index contributed by atoms with van der Waals surface area (Å²) in [6.07, 6.45) is 0.480. The Hall–Kier alpha value is -2.29. The van der Waals surface area contributed by atoms with Crippen LogP contribution >= 0.6 is 0 Å². The number of nitrogens with one attached hydrogen (secondary N) is 1. The molecule has 0 spiro atoms. The van der Waals surface area contributed by atoms with Crippen molar-refractivity contribution in [3.05, 3.63) is 65.0 Å². The number of morpholine rings is 1. The quantitative estimate of drug-likeness (QED) is 0.798. The molecule has 150 valence electrons. The Morgan fingerprint density at radius 2 is 1.93 bits per heavy atom. The van der Waals surface area contributed by atoms with Crippen LogP contribution in [-0.2, 0) is 21.2 Å². The second kappa shape index (κ2) is 8.81. The van der Waals surface area contributed by atoms with Gasteiger partial charge in [-0.3, -0.25) is 4.79 Å². The first-order chi connectivity index (χ1) is 13.4. The topological polar surface area (TPSA) is 75.7 Å². The molecule has 8 heteroatoms. The fourth-order valence-electron chi connectivity index (χ4n) is 3.06. The minimum absolute atomic E-state index is 0.132. The van der Waals surface area contributed by atoms with Crippen molar-refractivity contribution in [3.8, 4) is 0 Å². The molecule has 0 saturated carbocycles. The lowest BCUT2D eigenvalue weighted by Gasteiger charge is -2.26. The van der Waals surface area contributed by atoms with Gasteiger partial charge < -0.3 is 10.1 Å². The predicted molar refractivity (Wildman–Crippen MR) is 103 cm³/mol. The second-order valence-corrected chi connectivity index (χ2v) is 8.54. The zero-order valence-corrected chi connectivity index (χ0v) is 16.5. The summed E-state index contributed by atoms with van der Waals surface area (Å²) in [6.45, 7) is 3.34. The SMILES string of the molecule is Cc1ccc(C(=O)NCCc2cccc(F)c2)cc1S(=O)(=O)N1CCOCC1. The van der Waals surface area contributed by atoms with Crippen LogP contribution in [0.1, 0.15) is 21.5 Å². The minimum Gasteiger partial charge on any atom is -0.379 e. The molecule has 1 saturated heterocycles. The number of carbonyl (C=O) groups excluding carboxylic acids is 1. The Kier molecular flexibility index (Phi) is 6.43. The highest BCUT2D eigenvalue weighted by atomic mass is 32.2. The fraction of sp³-hybridized carbons (Fsp3) is 0.350. The molecule has 28 heavy (non-hydrogen) atoms. The largest absolute Gasteiger partial charge is 0.379 e. The van der Waals surface area contributed by atoms with Gasteiger partial charge in [0, 0.05) is 25.2 Å². The minimum atomic E-state index is -3.69. The molecular weight excluding hydrogens is 383 g/mol. The Morgan fingerprint density at radius 3 is 2.64 bits per heavy atom. The van der Waals surface area contributed by atoms with E-state index in [-0.39, 0.29) is 22.2 Å². The van der Waals surface area contributed by atoms with Crippen LogP contribution in [0.5, 0.6) is 0 Å². The van der Waals surface area contributed by atoms with E-state index in [4.69, 9.17) is 4.74 Å². The highest BCUT2D eigenvalue weighted by Gasteiger charge is 2.28. The molecule has 1 aliphatic heterocycles. The van der Waals surface area contributed by atoms with Crippen molar-refractivity contribution in [3.63, 3.8) is 0 Å². The van der Waals surface area contributed by atoms with Crippen LogP contribution < -0.4 is 5.32 Å². The van der Waals surface area contributed by atoms with Gasteiger partial charge in [-0.05, 0) is 48.7 Å². The van der Waals surface area contributed by atoms with Crippen LogP contribution in [0.25, 0.3) is 0 Å². The number of ether oxygens (including phenoxy) is 1. The van der Waals surface area contributed by atoms with Crippen molar-refractivity contribution in [1.29, 1.82) is 0 Å². The molecule has 1 N–H and O–H groups in total. The molecule has 0 bridgehead atoms. The van der Waals surface area contributed by atoms with E-state index in [9.17, 15) is 17.6 Å². The van der Waals surface area contributed by atoms with Crippen molar-refractivity contribution in [2.24, 2.45) is 0 Å². The van der Waals surface area contributed by atoms with Crippen LogP contribution in [0.3, 0.4) is 0 Å². The number of carbonyl (C=O) groups is 1. The number of amides is 1. The highest BCUT2D eigenvalue weighted by molar-refractivity contribution is 7.89. The molecular formula is C20H23FN2O4S. The molecule has 6 nitrogen and oxygen atoms in total. The van der Waals surface area contributed by atoms with Crippen molar-refractivity contribution < 1.29 is 22.3 Å². The molecule has 0 aliphatic carbocycles. The van der Waals surface area contributed by atoms with Gasteiger partial charge in [-0.15, -0.1) is 0 Å². The number of rotatable bonds is 6. The molecule has 2 aromatic carbocycles. The Balaban J connectivity index is 1.70. The lowest BCUT2D eigenvalue weighted by atomic mass is 10.1. The van der Waals surface area contributed by atoms with Gasteiger partial charge in [-0.2, -0.15) is 4.31 Å². The first kappa shape index (κ1) is 20.4. The molecule has 2 aromatic rings. The van der Waals surface area contributed by atoms with Gasteiger partial charge in [0.15, 0.2) is 0 Å². The average molecular weight is 406 g/mol. The van der Waals surface area contributed by atoms with E-state index in [2.05, 4.69) is 5.32 Å². The monoisotopic (exact) mass is 406 g/mol. The number of nitrogens with zero attached hydrogens (tertiary/aromatic N) is 1. The van der Waals surface area contributed by atoms with Gasteiger partial charge in [0.25, 0.3) is 5.91 Å². The van der Waals surface area contributed by atoms with Crippen molar-refractivity contribution in [2.45, 2.75) is 18.2 Å². The van der Waals surface area contributed by atoms with E-state index in [1.54, 1.807) is 31.2 Å². The van der Waals surface area contributed by atoms with Crippen molar-refractivity contribution in [1.82, 2.24) is 9.62 Å². The average Bonchev–Trinajstić information content (AvgIpc) is 2.69. The molecule has 1 heterocycles. The summed E-state index contributed by atoms with van der Waals surface area (Å²) in [5.41, 5.74) is 1.64. The first-order valence-corrected chi connectivity index (χ1v) is 10.5. The van der Waals surface area contributed by atoms with Crippen LogP contribution in [0.15, 0.2) is 47.4 Å². The summed E-state index contributed by atoms with van der Waals surface area (Å²) >= 11 is 0. The molecule has 1 amide bonds. The Labute approximate surface area is 164 Å². The van der Waals surface area contributed by atoms with Gasteiger partial charge in [0.1, 0.15) is 5.82 Å². The predicted octanol–water partition coefficient (Wildman–Crippen LogP) is 2.13. The van der Waals surface area contributed by atoms with Gasteiger partial charge in [-0.25, -0.2) is 12.8 Å². The molecule has 0 radical (unpaired) electrons. The fourth-order valence-corrected chi connectivity index (χ4v) is 4.72. The van der Waals surface area contributed by atoms with E-state index < -0.39 is 10.0 Å². The lowest BCUT2D eigenvalue weighted by Crippen LogP contribution is -2.41. The van der Waals surface area contributed by atoms with Gasteiger partial charge in [0.2, 0.25) is 10.0 Å². The van der Waals surface area contributed by atoms with E-state index in [1.807, 2.05) is 0 Å². The van der Waals surface area contributed by atoms with E-state index in [0.29, 0.717) is 44.8 Å². The number of sulfonamides is 1. The first-order valence-electron chi connectivity index (χ1n) is 9.09. The maximum absolute atomic E-state index is 13.2. The molecule has 0 atom stereocenters. The van der Waals surface area contributed by atoms with Crippen molar-refractivity contribution in [2.75, 3.05) is 32.8 Å². The summed E-state index contributed by atoms with van der Waals surface area (Å²) in [4.78, 5) is 12.6. The van der Waals surface area contributed by atoms with Crippen LogP contribution in [0.2, 0.25) is 0 Å². The van der Waals surface area contributed by atoms with Crippen LogP contribution in [0.4, 0.5) is 4.39 Å². The number of aryl methyl sites for hydroxylation is 1. The summed E-state index contributed by atoms with van der Waals surface area (Å²) in [5.74, 6) is -0.685. The van der Waals surface area contributed by atoms with Crippen LogP contribution in [-0.4, -0.2) is 51.5 Å². The van der Waals surface area contributed by atoms with Gasteiger partial charge in [0.05, 0.1) is 18.1 Å². The summed E-state index contributed by atoms with van der Waals surface area (Å²) < 4.78 is 45.6. The maximum Gasteiger partial charge on any atom is 0.251 e. The summed E-state index contributed by atoms with van der Waals surface area (Å²) in [5, 5.41) is 2.75. The van der Waals surface area contributed by atoms with Crippen LogP contribution in [0, 0.1) is 12.7 Å². The number of hydrogen-bond donors (Lipinski definition) is 1. The zero-order valence-electron chi connectivity index (χ0n) is 15.7.